The van der Waals surface area contributed by atoms with E-state index in [1.54, 1.807) is 0 Å². The summed E-state index contributed by atoms with van der Waals surface area (Å²) in [5.74, 6) is 0. The molecule has 1 aromatic rings. The predicted molar refractivity (Wildman–Crippen MR) is 59.8 cm³/mol. The minimum Gasteiger partial charge on any atom is -0.0888 e. The van der Waals surface area contributed by atoms with Gasteiger partial charge >= 0.3 is 0 Å². The van der Waals surface area contributed by atoms with Crippen molar-refractivity contribution in [2.45, 2.75) is 16.4 Å². The summed E-state index contributed by atoms with van der Waals surface area (Å²) in [6.07, 6.45) is 0.883. The summed E-state index contributed by atoms with van der Waals surface area (Å²) >= 11 is 2.34. The van der Waals surface area contributed by atoms with Gasteiger partial charge in [-0.3, -0.25) is 0 Å². The molecular weight excluding hydrogens is 277 g/mol. The number of hydrogen-bond acceptors (Lipinski definition) is 1. The quantitative estimate of drug-likeness (QED) is 0.250. The van der Waals surface area contributed by atoms with Crippen molar-refractivity contribution >= 4 is 22.6 Å². The summed E-state index contributed by atoms with van der Waals surface area (Å²) in [5.41, 5.74) is 11.0. The smallest absolute Gasteiger partial charge is 0.0573 e. The van der Waals surface area contributed by atoms with Crippen LogP contribution in [0.25, 0.3) is 10.4 Å². The molecule has 3 nitrogen and oxygen atoms in total. The van der Waals surface area contributed by atoms with Crippen molar-refractivity contribution in [1.29, 1.82) is 0 Å². The summed E-state index contributed by atoms with van der Waals surface area (Å²) in [7, 11) is 0. The van der Waals surface area contributed by atoms with Crippen molar-refractivity contribution < 1.29 is 0 Å². The predicted octanol–water partition coefficient (Wildman–Crippen LogP) is 3.40. The SMILES string of the molecule is [N-]=[N+]=NC1Cc2ccccc2C1I. The van der Waals surface area contributed by atoms with Crippen LogP contribution in [0.3, 0.4) is 0 Å². The van der Waals surface area contributed by atoms with E-state index in [0.717, 1.165) is 6.42 Å². The van der Waals surface area contributed by atoms with E-state index in [1.807, 2.05) is 12.1 Å². The maximum Gasteiger partial charge on any atom is 0.0573 e. The van der Waals surface area contributed by atoms with E-state index in [9.17, 15) is 0 Å². The lowest BCUT2D eigenvalue weighted by molar-refractivity contribution is 0.718. The molecule has 4 heteroatoms. The lowest BCUT2D eigenvalue weighted by atomic mass is 10.1. The van der Waals surface area contributed by atoms with Crippen LogP contribution in [0, 0.1) is 0 Å². The van der Waals surface area contributed by atoms with Crippen molar-refractivity contribution in [2.75, 3.05) is 0 Å². The topological polar surface area (TPSA) is 48.8 Å². The first-order valence-corrected chi connectivity index (χ1v) is 5.33. The number of rotatable bonds is 1. The van der Waals surface area contributed by atoms with Crippen molar-refractivity contribution in [2.24, 2.45) is 5.11 Å². The molecule has 0 aliphatic heterocycles. The van der Waals surface area contributed by atoms with Gasteiger partial charge in [0.1, 0.15) is 0 Å². The summed E-state index contributed by atoms with van der Waals surface area (Å²) in [4.78, 5) is 2.87. The van der Waals surface area contributed by atoms with E-state index in [1.165, 1.54) is 11.1 Å². The van der Waals surface area contributed by atoms with Crippen LogP contribution in [-0.2, 0) is 6.42 Å². The Hall–Kier alpha value is -0.740. The zero-order valence-electron chi connectivity index (χ0n) is 6.89. The van der Waals surface area contributed by atoms with Crippen LogP contribution in [0.15, 0.2) is 29.4 Å². The molecule has 0 aromatic heterocycles. The summed E-state index contributed by atoms with van der Waals surface area (Å²) in [6.45, 7) is 0. The van der Waals surface area contributed by atoms with E-state index in [4.69, 9.17) is 5.53 Å². The molecule has 0 amide bonds. The molecule has 0 heterocycles. The summed E-state index contributed by atoms with van der Waals surface area (Å²) < 4.78 is 0.338. The number of fused-ring (bicyclic) bond motifs is 1. The summed E-state index contributed by atoms with van der Waals surface area (Å²) in [6, 6.07) is 8.37. The molecule has 1 aromatic carbocycles. The third-order valence-electron chi connectivity index (χ3n) is 2.32. The van der Waals surface area contributed by atoms with E-state index >= 15 is 0 Å². The van der Waals surface area contributed by atoms with Crippen molar-refractivity contribution in [1.82, 2.24) is 0 Å². The highest BCUT2D eigenvalue weighted by Gasteiger charge is 2.28. The van der Waals surface area contributed by atoms with Crippen LogP contribution >= 0.6 is 22.6 Å². The molecule has 2 atom stereocenters. The number of azide groups is 1. The van der Waals surface area contributed by atoms with Gasteiger partial charge in [-0.15, -0.1) is 0 Å². The first-order valence-electron chi connectivity index (χ1n) is 4.09. The lowest BCUT2D eigenvalue weighted by Crippen LogP contribution is -2.03. The molecule has 0 saturated heterocycles. The molecule has 2 rings (SSSR count). The standard InChI is InChI=1S/C9H8IN3/c10-9-7-4-2-1-3-6(7)5-8(9)12-13-11/h1-4,8-9H,5H2. The summed E-state index contributed by atoms with van der Waals surface area (Å²) in [5, 5.41) is 3.79. The van der Waals surface area contributed by atoms with Crippen LogP contribution < -0.4 is 0 Å². The molecule has 0 saturated carbocycles. The second kappa shape index (κ2) is 3.55. The Morgan fingerprint density at radius 2 is 2.23 bits per heavy atom. The molecular formula is C9H8IN3. The van der Waals surface area contributed by atoms with Gasteiger partial charge in [-0.1, -0.05) is 52.0 Å². The molecule has 66 valence electrons. The van der Waals surface area contributed by atoms with Gasteiger partial charge < -0.3 is 0 Å². The van der Waals surface area contributed by atoms with Crippen molar-refractivity contribution in [3.05, 3.63) is 45.8 Å². The van der Waals surface area contributed by atoms with Crippen LogP contribution in [-0.4, -0.2) is 6.04 Å². The normalized spacial score (nSPS) is 25.0. The molecule has 0 N–H and O–H groups in total. The molecule has 1 aliphatic carbocycles. The third kappa shape index (κ3) is 1.51. The van der Waals surface area contributed by atoms with Gasteiger partial charge in [0.05, 0.1) is 6.04 Å². The van der Waals surface area contributed by atoms with Gasteiger partial charge in [-0.25, -0.2) is 0 Å². The minimum absolute atomic E-state index is 0.1000. The van der Waals surface area contributed by atoms with Crippen molar-refractivity contribution in [3.63, 3.8) is 0 Å². The minimum atomic E-state index is 0.1000. The molecule has 0 fully saturated rings. The number of nitrogens with zero attached hydrogens (tertiary/aromatic N) is 3. The van der Waals surface area contributed by atoms with Crippen LogP contribution in [0.5, 0.6) is 0 Å². The first kappa shape index (κ1) is 8.84. The van der Waals surface area contributed by atoms with Gasteiger partial charge in [-0.05, 0) is 23.1 Å². The second-order valence-corrected chi connectivity index (χ2v) is 4.42. The van der Waals surface area contributed by atoms with Gasteiger partial charge in [-0.2, -0.15) is 0 Å². The Balaban J connectivity index is 2.37. The Kier molecular flexibility index (Phi) is 2.42. The maximum absolute atomic E-state index is 8.38. The zero-order chi connectivity index (χ0) is 9.26. The van der Waals surface area contributed by atoms with Crippen LogP contribution in [0.1, 0.15) is 15.1 Å². The van der Waals surface area contributed by atoms with Crippen molar-refractivity contribution in [3.8, 4) is 0 Å². The Morgan fingerprint density at radius 3 is 2.92 bits per heavy atom. The average molecular weight is 285 g/mol. The third-order valence-corrected chi connectivity index (χ3v) is 3.82. The van der Waals surface area contributed by atoms with E-state index < -0.39 is 0 Å². The molecule has 0 spiro atoms. The Bertz CT molecular complexity index is 371. The Morgan fingerprint density at radius 1 is 1.46 bits per heavy atom. The van der Waals surface area contributed by atoms with Crippen LogP contribution in [0.4, 0.5) is 0 Å². The largest absolute Gasteiger partial charge is 0.0888 e. The highest BCUT2D eigenvalue weighted by atomic mass is 127. The number of benzene rings is 1. The van der Waals surface area contributed by atoms with E-state index in [-0.39, 0.29) is 6.04 Å². The Labute approximate surface area is 89.9 Å². The van der Waals surface area contributed by atoms with E-state index in [0.29, 0.717) is 3.92 Å². The second-order valence-electron chi connectivity index (χ2n) is 3.08. The monoisotopic (exact) mass is 285 g/mol. The highest BCUT2D eigenvalue weighted by molar-refractivity contribution is 14.1. The number of alkyl halides is 1. The lowest BCUT2D eigenvalue weighted by Gasteiger charge is -2.06. The zero-order valence-corrected chi connectivity index (χ0v) is 9.05. The molecule has 1 aliphatic rings. The van der Waals surface area contributed by atoms with Gasteiger partial charge in [0.15, 0.2) is 0 Å². The van der Waals surface area contributed by atoms with Gasteiger partial charge in [0.2, 0.25) is 0 Å². The molecule has 0 bridgehead atoms. The fourth-order valence-electron chi connectivity index (χ4n) is 1.69. The van der Waals surface area contributed by atoms with Gasteiger partial charge in [0.25, 0.3) is 0 Å². The average Bonchev–Trinajstić information content (AvgIpc) is 2.46. The number of hydrogen-bond donors (Lipinski definition) is 0. The first-order chi connectivity index (χ1) is 6.33. The van der Waals surface area contributed by atoms with E-state index in [2.05, 4.69) is 44.7 Å². The molecule has 0 radical (unpaired) electrons. The fourth-order valence-corrected chi connectivity index (χ4v) is 2.70. The fraction of sp³-hybridized carbons (Fsp3) is 0.333. The molecule has 2 unspecified atom stereocenters. The number of halogens is 1. The molecule has 13 heavy (non-hydrogen) atoms. The maximum atomic E-state index is 8.38. The van der Waals surface area contributed by atoms with Gasteiger partial charge in [0, 0.05) is 8.84 Å². The van der Waals surface area contributed by atoms with Crippen LogP contribution in [0.2, 0.25) is 0 Å². The highest BCUT2D eigenvalue weighted by Crippen LogP contribution is 2.39.